The summed E-state index contributed by atoms with van der Waals surface area (Å²) in [5, 5.41) is 8.53. The van der Waals surface area contributed by atoms with E-state index in [9.17, 15) is 0 Å². The highest BCUT2D eigenvalue weighted by Crippen LogP contribution is 2.40. The molecule has 2 aliphatic heterocycles. The summed E-state index contributed by atoms with van der Waals surface area (Å²) in [4.78, 5) is 9.63. The summed E-state index contributed by atoms with van der Waals surface area (Å²) >= 11 is 0. The van der Waals surface area contributed by atoms with E-state index in [4.69, 9.17) is 14.5 Å². The van der Waals surface area contributed by atoms with Crippen molar-refractivity contribution in [2.45, 2.75) is 19.8 Å². The quantitative estimate of drug-likeness (QED) is 0.802. The summed E-state index contributed by atoms with van der Waals surface area (Å²) in [6, 6.07) is 5.72. The molecule has 0 bridgehead atoms. The minimum atomic E-state index is 0.382. The van der Waals surface area contributed by atoms with Crippen molar-refractivity contribution in [2.75, 3.05) is 51.8 Å². The van der Waals surface area contributed by atoms with Crippen molar-refractivity contribution in [3.05, 3.63) is 24.4 Å². The number of rotatable bonds is 5. The van der Waals surface area contributed by atoms with Crippen molar-refractivity contribution in [1.82, 2.24) is 20.1 Å². The van der Waals surface area contributed by atoms with Gasteiger partial charge in [0.1, 0.15) is 11.5 Å². The average Bonchev–Trinajstić information content (AvgIpc) is 3.34. The van der Waals surface area contributed by atoms with Gasteiger partial charge in [0.25, 0.3) is 0 Å². The largest absolute Gasteiger partial charge is 0.497 e. The van der Waals surface area contributed by atoms with E-state index in [0.717, 1.165) is 36.6 Å². The molecule has 0 N–H and O–H groups in total. The molecule has 0 radical (unpaired) electrons. The summed E-state index contributed by atoms with van der Waals surface area (Å²) in [7, 11) is 3.29. The fourth-order valence-corrected chi connectivity index (χ4v) is 4.30. The second-order valence-electron chi connectivity index (χ2n) is 7.50. The molecule has 2 aliphatic rings. The van der Waals surface area contributed by atoms with Crippen LogP contribution in [0, 0.1) is 5.41 Å². The van der Waals surface area contributed by atoms with Crippen LogP contribution in [0.1, 0.15) is 19.8 Å². The van der Waals surface area contributed by atoms with Crippen LogP contribution in [-0.4, -0.2) is 67.0 Å². The molecule has 0 unspecified atom stereocenters. The summed E-state index contributed by atoms with van der Waals surface area (Å²) in [5.41, 5.74) is 2.04. The molecule has 7 heteroatoms. The monoisotopic (exact) mass is 369 g/mol. The smallest absolute Gasteiger partial charge is 0.245 e. The van der Waals surface area contributed by atoms with Crippen LogP contribution in [0.5, 0.6) is 11.5 Å². The molecule has 1 spiro atoms. The molecule has 0 amide bonds. The number of ether oxygens (including phenoxy) is 2. The lowest BCUT2D eigenvalue weighted by molar-refractivity contribution is 0.286. The van der Waals surface area contributed by atoms with Gasteiger partial charge >= 0.3 is 0 Å². The van der Waals surface area contributed by atoms with E-state index < -0.39 is 0 Å². The van der Waals surface area contributed by atoms with Gasteiger partial charge in [0.05, 0.1) is 26.1 Å². The standard InChI is InChI=1S/C20H27N5O2/c1-4-24-9-7-20(13-24)8-10-25(14-20)19-22-17(12-21-23-19)16-6-5-15(26-2)11-18(16)27-3/h5-6,11-12H,4,7-10,13-14H2,1-3H3/t20-/m0/s1. The fraction of sp³-hybridized carbons (Fsp3) is 0.550. The summed E-state index contributed by atoms with van der Waals surface area (Å²) in [6.45, 7) is 7.75. The molecule has 2 saturated heterocycles. The van der Waals surface area contributed by atoms with E-state index in [1.165, 1.54) is 25.9 Å². The Morgan fingerprint density at radius 3 is 2.70 bits per heavy atom. The van der Waals surface area contributed by atoms with Gasteiger partial charge in [-0.05, 0) is 38.1 Å². The first kappa shape index (κ1) is 18.0. The van der Waals surface area contributed by atoms with Crippen molar-refractivity contribution in [1.29, 1.82) is 0 Å². The van der Waals surface area contributed by atoms with E-state index in [-0.39, 0.29) is 0 Å². The van der Waals surface area contributed by atoms with Crippen LogP contribution in [0.15, 0.2) is 24.4 Å². The summed E-state index contributed by atoms with van der Waals surface area (Å²) in [6.07, 6.45) is 4.15. The van der Waals surface area contributed by atoms with Crippen LogP contribution in [0.4, 0.5) is 5.95 Å². The van der Waals surface area contributed by atoms with Gasteiger partial charge in [-0.1, -0.05) is 6.92 Å². The molecule has 0 aliphatic carbocycles. The van der Waals surface area contributed by atoms with Crippen LogP contribution in [-0.2, 0) is 0 Å². The Kier molecular flexibility index (Phi) is 4.86. The van der Waals surface area contributed by atoms with E-state index >= 15 is 0 Å². The number of hydrogen-bond donors (Lipinski definition) is 0. The molecule has 144 valence electrons. The van der Waals surface area contributed by atoms with Crippen LogP contribution in [0.25, 0.3) is 11.3 Å². The highest BCUT2D eigenvalue weighted by atomic mass is 16.5. The van der Waals surface area contributed by atoms with Gasteiger partial charge in [-0.3, -0.25) is 0 Å². The van der Waals surface area contributed by atoms with Gasteiger partial charge in [-0.15, -0.1) is 5.10 Å². The molecule has 3 heterocycles. The first-order valence-corrected chi connectivity index (χ1v) is 9.56. The third-order valence-corrected chi connectivity index (χ3v) is 5.92. The van der Waals surface area contributed by atoms with Crippen LogP contribution < -0.4 is 14.4 Å². The number of anilines is 1. The first-order chi connectivity index (χ1) is 13.2. The Hall–Kier alpha value is -2.41. The highest BCUT2D eigenvalue weighted by molar-refractivity contribution is 5.68. The maximum absolute atomic E-state index is 5.52. The lowest BCUT2D eigenvalue weighted by atomic mass is 9.86. The zero-order chi connectivity index (χ0) is 18.9. The molecule has 1 atom stereocenters. The zero-order valence-corrected chi connectivity index (χ0v) is 16.3. The number of hydrogen-bond acceptors (Lipinski definition) is 7. The predicted molar refractivity (Wildman–Crippen MR) is 104 cm³/mol. The molecule has 27 heavy (non-hydrogen) atoms. The highest BCUT2D eigenvalue weighted by Gasteiger charge is 2.43. The molecule has 2 aromatic rings. The molecule has 4 rings (SSSR count). The number of likely N-dealkylation sites (tertiary alicyclic amines) is 1. The summed E-state index contributed by atoms with van der Waals surface area (Å²) < 4.78 is 10.8. The van der Waals surface area contributed by atoms with E-state index in [0.29, 0.717) is 17.1 Å². The van der Waals surface area contributed by atoms with Gasteiger partial charge < -0.3 is 19.3 Å². The first-order valence-electron chi connectivity index (χ1n) is 9.56. The zero-order valence-electron chi connectivity index (χ0n) is 16.3. The number of methoxy groups -OCH3 is 2. The molecule has 1 aromatic carbocycles. The van der Waals surface area contributed by atoms with Crippen molar-refractivity contribution in [2.24, 2.45) is 5.41 Å². The van der Waals surface area contributed by atoms with Gasteiger partial charge in [0.15, 0.2) is 0 Å². The van der Waals surface area contributed by atoms with Gasteiger partial charge in [0.2, 0.25) is 5.95 Å². The number of nitrogens with zero attached hydrogens (tertiary/aromatic N) is 5. The minimum absolute atomic E-state index is 0.382. The minimum Gasteiger partial charge on any atom is -0.497 e. The van der Waals surface area contributed by atoms with Gasteiger partial charge in [-0.2, -0.15) is 5.10 Å². The predicted octanol–water partition coefficient (Wildman–Crippen LogP) is 2.48. The molecule has 1 aromatic heterocycles. The topological polar surface area (TPSA) is 63.6 Å². The molecule has 7 nitrogen and oxygen atoms in total. The summed E-state index contributed by atoms with van der Waals surface area (Å²) in [5.74, 6) is 2.17. The van der Waals surface area contributed by atoms with Gasteiger partial charge in [-0.25, -0.2) is 4.98 Å². The third kappa shape index (κ3) is 3.43. The van der Waals surface area contributed by atoms with E-state index in [1.54, 1.807) is 20.4 Å². The lowest BCUT2D eigenvalue weighted by Crippen LogP contribution is -2.31. The molecular formula is C20H27N5O2. The number of benzene rings is 1. The van der Waals surface area contributed by atoms with E-state index in [2.05, 4.69) is 26.9 Å². The Bertz CT molecular complexity index is 815. The van der Waals surface area contributed by atoms with Gasteiger partial charge in [0, 0.05) is 36.7 Å². The van der Waals surface area contributed by atoms with Crippen molar-refractivity contribution < 1.29 is 9.47 Å². The van der Waals surface area contributed by atoms with E-state index in [1.807, 2.05) is 18.2 Å². The third-order valence-electron chi connectivity index (χ3n) is 5.92. The Balaban J connectivity index is 1.57. The fourth-order valence-electron chi connectivity index (χ4n) is 4.30. The Morgan fingerprint density at radius 2 is 1.96 bits per heavy atom. The molecule has 2 fully saturated rings. The van der Waals surface area contributed by atoms with Crippen molar-refractivity contribution in [3.63, 3.8) is 0 Å². The lowest BCUT2D eigenvalue weighted by Gasteiger charge is -2.24. The van der Waals surface area contributed by atoms with Crippen LogP contribution in [0.2, 0.25) is 0 Å². The Labute approximate surface area is 160 Å². The van der Waals surface area contributed by atoms with Crippen LogP contribution >= 0.6 is 0 Å². The molecule has 0 saturated carbocycles. The SMILES string of the molecule is CCN1CC[C@]2(CCN(c3nncc(-c4ccc(OC)cc4OC)n3)C2)C1. The average molecular weight is 369 g/mol. The van der Waals surface area contributed by atoms with Crippen molar-refractivity contribution >= 4 is 5.95 Å². The normalized spacial score (nSPS) is 22.6. The second kappa shape index (κ2) is 7.31. The van der Waals surface area contributed by atoms with Crippen molar-refractivity contribution in [3.8, 4) is 22.8 Å². The second-order valence-corrected chi connectivity index (χ2v) is 7.50. The van der Waals surface area contributed by atoms with Crippen LogP contribution in [0.3, 0.4) is 0 Å². The molecular weight excluding hydrogens is 342 g/mol. The number of aromatic nitrogens is 3. The maximum Gasteiger partial charge on any atom is 0.245 e. The maximum atomic E-state index is 5.52. The Morgan fingerprint density at radius 1 is 1.11 bits per heavy atom.